The van der Waals surface area contributed by atoms with Crippen LogP contribution in [0.2, 0.25) is 0 Å². The van der Waals surface area contributed by atoms with E-state index < -0.39 is 54.6 Å². The molecule has 5 aromatic rings. The van der Waals surface area contributed by atoms with Crippen molar-refractivity contribution in [2.75, 3.05) is 7.11 Å². The number of benzene rings is 2. The summed E-state index contributed by atoms with van der Waals surface area (Å²) >= 11 is 0. The van der Waals surface area contributed by atoms with E-state index in [0.717, 1.165) is 24.4 Å². The quantitative estimate of drug-likeness (QED) is 0.338. The molecule has 37 heavy (non-hydrogen) atoms. The fourth-order valence-electron chi connectivity index (χ4n) is 3.93. The van der Waals surface area contributed by atoms with E-state index in [2.05, 4.69) is 25.1 Å². The number of nitrogens with one attached hydrogen (secondary N) is 2. The van der Waals surface area contributed by atoms with Gasteiger partial charge in [-0.25, -0.2) is 31.6 Å². The van der Waals surface area contributed by atoms with Crippen molar-refractivity contribution in [3.8, 4) is 34.6 Å². The van der Waals surface area contributed by atoms with Gasteiger partial charge in [0.25, 0.3) is 0 Å². The molecule has 5 rings (SSSR count). The Hall–Kier alpha value is -4.70. The molecule has 2 aromatic carbocycles. The minimum Gasteiger partial charge on any atom is -0.480 e. The summed E-state index contributed by atoms with van der Waals surface area (Å²) in [6, 6.07) is 7.25. The lowest BCUT2D eigenvalue weighted by atomic mass is 9.99. The van der Waals surface area contributed by atoms with Crippen LogP contribution in [0.5, 0.6) is 5.88 Å². The van der Waals surface area contributed by atoms with Crippen LogP contribution in [-0.2, 0) is 15.6 Å². The summed E-state index contributed by atoms with van der Waals surface area (Å²) in [5.74, 6) is -4.17. The molecule has 3 heterocycles. The molecule has 0 unspecified atom stereocenters. The van der Waals surface area contributed by atoms with Crippen LogP contribution in [0, 0.1) is 28.8 Å². The van der Waals surface area contributed by atoms with Gasteiger partial charge in [-0.1, -0.05) is 12.1 Å². The number of imidazole rings is 1. The van der Waals surface area contributed by atoms with Gasteiger partial charge in [0.2, 0.25) is 5.88 Å². The summed E-state index contributed by atoms with van der Waals surface area (Å²) in [7, 11) is -3.12. The van der Waals surface area contributed by atoms with Crippen molar-refractivity contribution in [3.63, 3.8) is 0 Å². The molecule has 0 amide bonds. The topological polar surface area (TPSA) is 137 Å². The Morgan fingerprint density at radius 3 is 2.62 bits per heavy atom. The van der Waals surface area contributed by atoms with Crippen molar-refractivity contribution in [1.82, 2.24) is 25.1 Å². The minimum atomic E-state index is -4.31. The number of halogens is 3. The summed E-state index contributed by atoms with van der Waals surface area (Å²) in [4.78, 5) is 10.3. The van der Waals surface area contributed by atoms with Gasteiger partial charge in [-0.15, -0.1) is 0 Å². The van der Waals surface area contributed by atoms with E-state index in [1.54, 1.807) is 12.3 Å². The van der Waals surface area contributed by atoms with Crippen molar-refractivity contribution >= 4 is 20.7 Å². The Morgan fingerprint density at radius 1 is 1.11 bits per heavy atom. The smallest absolute Gasteiger partial charge is 0.232 e. The Morgan fingerprint density at radius 2 is 1.92 bits per heavy atom. The lowest BCUT2D eigenvalue weighted by Crippen LogP contribution is -2.10. The van der Waals surface area contributed by atoms with Crippen molar-refractivity contribution in [2.24, 2.45) is 0 Å². The van der Waals surface area contributed by atoms with Gasteiger partial charge in [-0.05, 0) is 18.2 Å². The van der Waals surface area contributed by atoms with Crippen LogP contribution in [0.1, 0.15) is 11.1 Å². The van der Waals surface area contributed by atoms with E-state index in [0.29, 0.717) is 16.9 Å². The van der Waals surface area contributed by atoms with E-state index in [1.165, 1.54) is 25.4 Å². The van der Waals surface area contributed by atoms with E-state index in [9.17, 15) is 12.8 Å². The van der Waals surface area contributed by atoms with Crippen molar-refractivity contribution in [2.45, 2.75) is 10.6 Å². The highest BCUT2D eigenvalue weighted by Gasteiger charge is 2.27. The third kappa shape index (κ3) is 4.07. The number of sulfone groups is 1. The number of fused-ring (bicyclic) bond motifs is 1. The fraction of sp³-hybridized carbons (Fsp3) is 0.0833. The van der Waals surface area contributed by atoms with Crippen LogP contribution in [0.4, 0.5) is 13.2 Å². The molecule has 13 heteroatoms. The van der Waals surface area contributed by atoms with Crippen molar-refractivity contribution in [3.05, 3.63) is 77.5 Å². The zero-order valence-corrected chi connectivity index (χ0v) is 19.7. The lowest BCUT2D eigenvalue weighted by molar-refractivity contribution is 0.385. The van der Waals surface area contributed by atoms with Gasteiger partial charge in [0.15, 0.2) is 21.5 Å². The lowest BCUT2D eigenvalue weighted by Gasteiger charge is -2.13. The van der Waals surface area contributed by atoms with E-state index >= 15 is 8.78 Å². The van der Waals surface area contributed by atoms with Gasteiger partial charge in [-0.2, -0.15) is 10.4 Å². The maximum atomic E-state index is 15.6. The zero-order valence-electron chi connectivity index (χ0n) is 18.9. The number of hydrogen-bond acceptors (Lipinski definition) is 7. The average molecular weight is 524 g/mol. The van der Waals surface area contributed by atoms with Crippen molar-refractivity contribution in [1.29, 1.82) is 5.26 Å². The minimum absolute atomic E-state index is 0.0528. The maximum absolute atomic E-state index is 15.6. The van der Waals surface area contributed by atoms with Gasteiger partial charge in [0.1, 0.15) is 33.8 Å². The van der Waals surface area contributed by atoms with Crippen LogP contribution in [0.15, 0.2) is 53.8 Å². The molecule has 0 radical (unpaired) electrons. The molecule has 0 spiro atoms. The molecule has 3 aromatic heterocycles. The highest BCUT2D eigenvalue weighted by molar-refractivity contribution is 7.90. The second-order valence-corrected chi connectivity index (χ2v) is 9.82. The number of pyridine rings is 1. The van der Waals surface area contributed by atoms with Gasteiger partial charge in [0.05, 0.1) is 24.0 Å². The summed E-state index contributed by atoms with van der Waals surface area (Å²) in [6.45, 7) is 0. The van der Waals surface area contributed by atoms with E-state index in [4.69, 9.17) is 10.00 Å². The number of H-pyrrole nitrogens is 2. The number of ether oxygens (including phenoxy) is 1. The summed E-state index contributed by atoms with van der Waals surface area (Å²) in [5, 5.41) is 16.0. The number of rotatable bonds is 6. The van der Waals surface area contributed by atoms with Gasteiger partial charge < -0.3 is 9.72 Å². The first kappa shape index (κ1) is 24.0. The molecule has 0 saturated heterocycles. The summed E-state index contributed by atoms with van der Waals surface area (Å²) in [5.41, 5.74) is -1.45. The molecule has 9 nitrogen and oxygen atoms in total. The summed E-state index contributed by atoms with van der Waals surface area (Å²) in [6.07, 6.45) is 4.19. The highest BCUT2D eigenvalue weighted by Crippen LogP contribution is 2.36. The molecule has 0 saturated carbocycles. The van der Waals surface area contributed by atoms with Crippen molar-refractivity contribution < 1.29 is 26.3 Å². The Balaban J connectivity index is 1.60. The number of nitrogens with zero attached hydrogens (tertiary/aromatic N) is 4. The highest BCUT2D eigenvalue weighted by atomic mass is 32.2. The fourth-order valence-corrected chi connectivity index (χ4v) is 5.43. The first-order valence-corrected chi connectivity index (χ1v) is 12.2. The first-order valence-electron chi connectivity index (χ1n) is 10.6. The summed E-state index contributed by atoms with van der Waals surface area (Å²) < 4.78 is 77.1. The molecule has 0 aliphatic rings. The molecule has 2 N–H and O–H groups in total. The number of hydrogen-bond donors (Lipinski definition) is 2. The normalized spacial score (nSPS) is 11.5. The Kier molecular flexibility index (Phi) is 5.88. The van der Waals surface area contributed by atoms with Gasteiger partial charge >= 0.3 is 0 Å². The number of nitriles is 1. The monoisotopic (exact) mass is 524 g/mol. The first-order chi connectivity index (χ1) is 17.7. The van der Waals surface area contributed by atoms with E-state index in [1.807, 2.05) is 0 Å². The number of aromatic amines is 2. The predicted octanol–water partition coefficient (Wildman–Crippen LogP) is 4.29. The molecular formula is C24H15F3N6O3S. The number of aromatic nitrogens is 5. The van der Waals surface area contributed by atoms with Crippen LogP contribution < -0.4 is 4.74 Å². The zero-order chi connectivity index (χ0) is 26.3. The third-order valence-corrected chi connectivity index (χ3v) is 7.32. The molecule has 0 aliphatic carbocycles. The van der Waals surface area contributed by atoms with Crippen LogP contribution in [0.25, 0.3) is 33.5 Å². The number of methoxy groups -OCH3 is 1. The second-order valence-electron chi connectivity index (χ2n) is 7.86. The van der Waals surface area contributed by atoms with E-state index in [-0.39, 0.29) is 17.0 Å². The Bertz CT molecular complexity index is 1810. The molecule has 0 aliphatic heterocycles. The average Bonchev–Trinajstić information content (AvgIpc) is 3.57. The molecule has 186 valence electrons. The SMILES string of the molecule is COc1ncc(C#N)cc1S(=O)(=O)Cc1ccc(F)c(-c2ccc3c(-c4ncc[nH]4)[nH]nc3c2F)c1F. The van der Waals surface area contributed by atoms with Crippen LogP contribution >= 0.6 is 0 Å². The standard InChI is InChI=1S/C24H15F3N6O3S/c1-36-24-17(8-12(9-28)10-31-24)37(34,35)11-13-2-5-16(25)18(19(13)26)14-3-4-15-21(20(14)27)32-33-22(15)23-29-6-7-30-23/h2-8,10H,11H2,1H3,(H,29,30)(H,32,33). The van der Waals surface area contributed by atoms with Crippen LogP contribution in [0.3, 0.4) is 0 Å². The molecule has 0 fully saturated rings. The molecule has 0 atom stereocenters. The third-order valence-electron chi connectivity index (χ3n) is 5.66. The van der Waals surface area contributed by atoms with Gasteiger partial charge in [0, 0.05) is 35.1 Å². The molecular weight excluding hydrogens is 509 g/mol. The maximum Gasteiger partial charge on any atom is 0.232 e. The van der Waals surface area contributed by atoms with Crippen LogP contribution in [-0.4, -0.2) is 40.7 Å². The largest absolute Gasteiger partial charge is 0.480 e. The second kappa shape index (κ2) is 9.07. The Labute approximate surface area is 207 Å². The predicted molar refractivity (Wildman–Crippen MR) is 125 cm³/mol. The van der Waals surface area contributed by atoms with Gasteiger partial charge in [-0.3, -0.25) is 5.10 Å². The molecule has 0 bridgehead atoms.